The molecule has 0 amide bonds. The number of aliphatic hydroxyl groups excluding tert-OH is 2. The van der Waals surface area contributed by atoms with E-state index in [4.69, 9.17) is 10.2 Å². The van der Waals surface area contributed by atoms with Gasteiger partial charge in [0.2, 0.25) is 0 Å². The van der Waals surface area contributed by atoms with Gasteiger partial charge in [-0.3, -0.25) is 4.79 Å². The highest BCUT2D eigenvalue weighted by molar-refractivity contribution is 5.82. The van der Waals surface area contributed by atoms with Crippen molar-refractivity contribution in [3.63, 3.8) is 0 Å². The van der Waals surface area contributed by atoms with E-state index in [9.17, 15) is 4.79 Å². The van der Waals surface area contributed by atoms with E-state index in [1.54, 1.807) is 0 Å². The van der Waals surface area contributed by atoms with Crippen molar-refractivity contribution < 1.29 is 15.0 Å². The van der Waals surface area contributed by atoms with E-state index in [1.165, 1.54) is 6.92 Å². The van der Waals surface area contributed by atoms with Gasteiger partial charge in [-0.1, -0.05) is 13.8 Å². The monoisotopic (exact) mass is 160 g/mol. The number of hydrogen-bond donors (Lipinski definition) is 2. The van der Waals surface area contributed by atoms with Gasteiger partial charge in [-0.15, -0.1) is 0 Å². The molecule has 3 heteroatoms. The molecule has 0 aromatic carbocycles. The van der Waals surface area contributed by atoms with Crippen molar-refractivity contribution in [3.05, 3.63) is 0 Å². The van der Waals surface area contributed by atoms with Gasteiger partial charge < -0.3 is 10.2 Å². The lowest BCUT2D eigenvalue weighted by Gasteiger charge is -2.30. The van der Waals surface area contributed by atoms with Crippen LogP contribution in [-0.2, 0) is 4.79 Å². The van der Waals surface area contributed by atoms with Crippen LogP contribution < -0.4 is 0 Å². The number of carbonyl (C=O) groups excluding carboxylic acids is 1. The first-order valence-corrected chi connectivity index (χ1v) is 3.74. The summed E-state index contributed by atoms with van der Waals surface area (Å²) < 4.78 is 0. The summed E-state index contributed by atoms with van der Waals surface area (Å²) in [5, 5.41) is 17.9. The highest BCUT2D eigenvalue weighted by Crippen LogP contribution is 2.27. The predicted molar refractivity (Wildman–Crippen MR) is 42.1 cm³/mol. The third-order valence-electron chi connectivity index (χ3n) is 2.37. The highest BCUT2D eigenvalue weighted by Gasteiger charge is 2.37. The lowest BCUT2D eigenvalue weighted by molar-refractivity contribution is -0.135. The molecule has 0 aliphatic heterocycles. The van der Waals surface area contributed by atoms with Crippen molar-refractivity contribution in [3.8, 4) is 0 Å². The summed E-state index contributed by atoms with van der Waals surface area (Å²) in [5.74, 6) is -0.187. The maximum Gasteiger partial charge on any atom is 0.140 e. The van der Waals surface area contributed by atoms with E-state index < -0.39 is 5.41 Å². The molecular weight excluding hydrogens is 144 g/mol. The average molecular weight is 160 g/mol. The first-order chi connectivity index (χ1) is 5.01. The molecule has 0 unspecified atom stereocenters. The molecule has 0 fully saturated rings. The summed E-state index contributed by atoms with van der Waals surface area (Å²) in [7, 11) is 0. The molecule has 0 saturated heterocycles. The summed E-state index contributed by atoms with van der Waals surface area (Å²) in [5.41, 5.74) is -0.944. The van der Waals surface area contributed by atoms with Crippen LogP contribution in [0.2, 0.25) is 0 Å². The van der Waals surface area contributed by atoms with Crippen LogP contribution in [0.25, 0.3) is 0 Å². The Labute approximate surface area is 67.0 Å². The van der Waals surface area contributed by atoms with Crippen LogP contribution in [0.15, 0.2) is 0 Å². The van der Waals surface area contributed by atoms with Crippen LogP contribution in [0.4, 0.5) is 0 Å². The Balaban J connectivity index is 4.61. The number of hydrogen-bond acceptors (Lipinski definition) is 3. The summed E-state index contributed by atoms with van der Waals surface area (Å²) >= 11 is 0. The zero-order valence-electron chi connectivity index (χ0n) is 7.29. The fourth-order valence-electron chi connectivity index (χ4n) is 1.04. The largest absolute Gasteiger partial charge is 0.395 e. The fraction of sp³-hybridized carbons (Fsp3) is 0.875. The number of Topliss-reactive ketones (excluding diaryl/α,β-unsaturated/α-hetero) is 1. The Bertz CT molecular complexity index is 136. The SMILES string of the molecule is CC(=O)C(CO)(CO)C(C)C. The zero-order chi connectivity index (χ0) is 9.07. The van der Waals surface area contributed by atoms with E-state index in [-0.39, 0.29) is 24.9 Å². The molecule has 0 aliphatic carbocycles. The Kier molecular flexibility index (Phi) is 3.69. The van der Waals surface area contributed by atoms with Crippen molar-refractivity contribution >= 4 is 5.78 Å². The van der Waals surface area contributed by atoms with E-state index in [0.29, 0.717) is 0 Å². The van der Waals surface area contributed by atoms with Gasteiger partial charge in [0.25, 0.3) is 0 Å². The standard InChI is InChI=1S/C8H16O3/c1-6(2)8(4-9,5-10)7(3)11/h6,9-10H,4-5H2,1-3H3. The van der Waals surface area contributed by atoms with Crippen LogP contribution >= 0.6 is 0 Å². The van der Waals surface area contributed by atoms with Crippen LogP contribution in [0, 0.1) is 11.3 Å². The van der Waals surface area contributed by atoms with Crippen LogP contribution in [0.5, 0.6) is 0 Å². The molecule has 0 bridgehead atoms. The summed E-state index contributed by atoms with van der Waals surface area (Å²) in [6.07, 6.45) is 0. The van der Waals surface area contributed by atoms with E-state index in [0.717, 1.165) is 0 Å². The van der Waals surface area contributed by atoms with Gasteiger partial charge in [0, 0.05) is 0 Å². The Morgan fingerprint density at radius 2 is 1.73 bits per heavy atom. The zero-order valence-corrected chi connectivity index (χ0v) is 7.29. The van der Waals surface area contributed by atoms with Crippen LogP contribution in [0.1, 0.15) is 20.8 Å². The molecule has 3 nitrogen and oxygen atoms in total. The number of aliphatic hydroxyl groups is 2. The van der Waals surface area contributed by atoms with E-state index >= 15 is 0 Å². The molecule has 0 atom stereocenters. The average Bonchev–Trinajstić information content (AvgIpc) is 1.90. The minimum atomic E-state index is -0.944. The molecule has 0 aromatic rings. The summed E-state index contributed by atoms with van der Waals surface area (Å²) in [4.78, 5) is 11.0. The molecule has 0 aliphatic rings. The maximum absolute atomic E-state index is 11.0. The normalized spacial score (nSPS) is 12.2. The Hall–Kier alpha value is -0.410. The molecule has 11 heavy (non-hydrogen) atoms. The van der Waals surface area contributed by atoms with E-state index in [2.05, 4.69) is 0 Å². The number of rotatable bonds is 4. The summed E-state index contributed by atoms with van der Waals surface area (Å²) in [6.45, 7) is 4.46. The first kappa shape index (κ1) is 10.6. The number of ketones is 1. The molecule has 0 spiro atoms. The highest BCUT2D eigenvalue weighted by atomic mass is 16.3. The van der Waals surface area contributed by atoms with Crippen molar-refractivity contribution in [1.82, 2.24) is 0 Å². The Morgan fingerprint density at radius 1 is 1.36 bits per heavy atom. The molecule has 0 radical (unpaired) electrons. The van der Waals surface area contributed by atoms with Gasteiger partial charge in [0.05, 0.1) is 18.6 Å². The van der Waals surface area contributed by atoms with Gasteiger partial charge in [-0.2, -0.15) is 0 Å². The minimum absolute atomic E-state index is 0.0324. The molecule has 66 valence electrons. The lowest BCUT2D eigenvalue weighted by Crippen LogP contribution is -2.41. The van der Waals surface area contributed by atoms with E-state index in [1.807, 2.05) is 13.8 Å². The Morgan fingerprint density at radius 3 is 1.73 bits per heavy atom. The summed E-state index contributed by atoms with van der Waals surface area (Å²) in [6, 6.07) is 0. The first-order valence-electron chi connectivity index (χ1n) is 3.74. The van der Waals surface area contributed by atoms with Crippen LogP contribution in [0.3, 0.4) is 0 Å². The molecule has 0 rings (SSSR count). The van der Waals surface area contributed by atoms with Crippen molar-refractivity contribution in [2.75, 3.05) is 13.2 Å². The third-order valence-corrected chi connectivity index (χ3v) is 2.37. The minimum Gasteiger partial charge on any atom is -0.395 e. The predicted octanol–water partition coefficient (Wildman–Crippen LogP) is 0.202. The molecule has 0 aromatic heterocycles. The van der Waals surface area contributed by atoms with Gasteiger partial charge in [-0.25, -0.2) is 0 Å². The molecule has 0 saturated carbocycles. The maximum atomic E-state index is 11.0. The quantitative estimate of drug-likeness (QED) is 0.617. The van der Waals surface area contributed by atoms with Crippen molar-refractivity contribution in [2.45, 2.75) is 20.8 Å². The second-order valence-corrected chi connectivity index (χ2v) is 3.18. The fourth-order valence-corrected chi connectivity index (χ4v) is 1.04. The lowest BCUT2D eigenvalue weighted by atomic mass is 9.75. The van der Waals surface area contributed by atoms with Gasteiger partial charge >= 0.3 is 0 Å². The van der Waals surface area contributed by atoms with Crippen molar-refractivity contribution in [2.24, 2.45) is 11.3 Å². The second kappa shape index (κ2) is 3.83. The van der Waals surface area contributed by atoms with Gasteiger partial charge in [-0.05, 0) is 12.8 Å². The second-order valence-electron chi connectivity index (χ2n) is 3.18. The number of carbonyl (C=O) groups is 1. The van der Waals surface area contributed by atoms with Gasteiger partial charge in [0.15, 0.2) is 0 Å². The topological polar surface area (TPSA) is 57.5 Å². The van der Waals surface area contributed by atoms with Crippen molar-refractivity contribution in [1.29, 1.82) is 0 Å². The molecule has 0 heterocycles. The molecular formula is C8H16O3. The third kappa shape index (κ3) is 1.79. The van der Waals surface area contributed by atoms with Gasteiger partial charge in [0.1, 0.15) is 5.78 Å². The molecule has 2 N–H and O–H groups in total. The van der Waals surface area contributed by atoms with Crippen LogP contribution in [-0.4, -0.2) is 29.2 Å². The smallest absolute Gasteiger partial charge is 0.140 e.